The first-order chi connectivity index (χ1) is 8.79. The molecule has 0 aliphatic rings. The Morgan fingerprint density at radius 1 is 1.21 bits per heavy atom. The molecule has 0 saturated heterocycles. The zero-order valence-corrected chi connectivity index (χ0v) is 10.4. The minimum atomic E-state index is -4.45. The van der Waals surface area contributed by atoms with Crippen molar-refractivity contribution in [3.05, 3.63) is 36.0 Å². The number of hydrogen-bond acceptors (Lipinski definition) is 3. The number of benzene rings is 1. The molecule has 7 heteroatoms. The fraction of sp³-hybridized carbons (Fsp3) is 0.250. The molecule has 1 aromatic heterocycles. The standard InChI is InChI=1S/C12H13F3N4/c1-18(9-5-3-8(16)4-6-9)11-7-10(12(13,14)15)17-19(11)2/h3-7H,16H2,1-2H3. The van der Waals surface area contributed by atoms with E-state index in [1.165, 1.54) is 11.7 Å². The highest BCUT2D eigenvalue weighted by atomic mass is 19.4. The Bertz CT molecular complexity index is 572. The molecular weight excluding hydrogens is 257 g/mol. The smallest absolute Gasteiger partial charge is 0.399 e. The first kappa shape index (κ1) is 13.3. The minimum absolute atomic E-state index is 0.345. The number of halogens is 3. The van der Waals surface area contributed by atoms with Crippen molar-refractivity contribution in [1.82, 2.24) is 9.78 Å². The van der Waals surface area contributed by atoms with Crippen LogP contribution in [0.1, 0.15) is 5.69 Å². The number of aromatic nitrogens is 2. The Labute approximate surface area is 108 Å². The lowest BCUT2D eigenvalue weighted by Gasteiger charge is -2.19. The summed E-state index contributed by atoms with van der Waals surface area (Å²) in [5, 5.41) is 3.47. The van der Waals surface area contributed by atoms with Gasteiger partial charge in [0.2, 0.25) is 0 Å². The van der Waals surface area contributed by atoms with Crippen LogP contribution in [0, 0.1) is 0 Å². The predicted octanol–water partition coefficient (Wildman–Crippen LogP) is 2.79. The van der Waals surface area contributed by atoms with Crippen molar-refractivity contribution in [2.45, 2.75) is 6.18 Å². The van der Waals surface area contributed by atoms with Gasteiger partial charge in [-0.25, -0.2) is 0 Å². The molecule has 0 saturated carbocycles. The third kappa shape index (κ3) is 2.64. The highest BCUT2D eigenvalue weighted by Gasteiger charge is 2.35. The summed E-state index contributed by atoms with van der Waals surface area (Å²) in [7, 11) is 3.14. The average molecular weight is 270 g/mol. The number of alkyl halides is 3. The molecule has 0 spiro atoms. The summed E-state index contributed by atoms with van der Waals surface area (Å²) in [6, 6.07) is 7.85. The lowest BCUT2D eigenvalue weighted by molar-refractivity contribution is -0.141. The summed E-state index contributed by atoms with van der Waals surface area (Å²) < 4.78 is 39.0. The molecule has 19 heavy (non-hydrogen) atoms. The van der Waals surface area contributed by atoms with Crippen LogP contribution in [-0.2, 0) is 13.2 Å². The lowest BCUT2D eigenvalue weighted by atomic mass is 10.2. The average Bonchev–Trinajstić information content (AvgIpc) is 2.71. The number of nitrogen functional groups attached to an aromatic ring is 1. The second kappa shape index (κ2) is 4.49. The van der Waals surface area contributed by atoms with Gasteiger partial charge >= 0.3 is 6.18 Å². The molecule has 0 unspecified atom stereocenters. The lowest BCUT2D eigenvalue weighted by Crippen LogP contribution is -2.13. The van der Waals surface area contributed by atoms with Crippen molar-refractivity contribution in [1.29, 1.82) is 0 Å². The molecule has 0 bridgehead atoms. The fourth-order valence-electron chi connectivity index (χ4n) is 1.74. The van der Waals surface area contributed by atoms with Crippen molar-refractivity contribution in [3.63, 3.8) is 0 Å². The molecule has 4 nitrogen and oxygen atoms in total. The monoisotopic (exact) mass is 270 g/mol. The summed E-state index contributed by atoms with van der Waals surface area (Å²) >= 11 is 0. The van der Waals surface area contributed by atoms with E-state index in [0.29, 0.717) is 11.5 Å². The molecule has 2 N–H and O–H groups in total. The molecule has 1 aromatic carbocycles. The topological polar surface area (TPSA) is 47.1 Å². The van der Waals surface area contributed by atoms with E-state index >= 15 is 0 Å². The number of anilines is 3. The number of hydrogen-bond donors (Lipinski definition) is 1. The molecule has 0 aliphatic heterocycles. The molecule has 0 amide bonds. The molecule has 0 fully saturated rings. The second-order valence-electron chi connectivity index (χ2n) is 4.16. The van der Waals surface area contributed by atoms with Crippen molar-refractivity contribution >= 4 is 17.2 Å². The van der Waals surface area contributed by atoms with Crippen molar-refractivity contribution in [3.8, 4) is 0 Å². The van der Waals surface area contributed by atoms with Crippen molar-refractivity contribution < 1.29 is 13.2 Å². The van der Waals surface area contributed by atoms with Crippen LogP contribution in [-0.4, -0.2) is 16.8 Å². The Morgan fingerprint density at radius 2 is 1.79 bits per heavy atom. The molecule has 1 heterocycles. The molecular formula is C12H13F3N4. The van der Waals surface area contributed by atoms with Gasteiger partial charge in [0, 0.05) is 31.5 Å². The van der Waals surface area contributed by atoms with Gasteiger partial charge < -0.3 is 10.6 Å². The molecule has 0 aliphatic carbocycles. The van der Waals surface area contributed by atoms with Crippen LogP contribution in [0.5, 0.6) is 0 Å². The Balaban J connectivity index is 2.36. The van der Waals surface area contributed by atoms with E-state index in [0.717, 1.165) is 11.8 Å². The van der Waals surface area contributed by atoms with E-state index in [2.05, 4.69) is 5.10 Å². The fourth-order valence-corrected chi connectivity index (χ4v) is 1.74. The van der Waals surface area contributed by atoms with Crippen molar-refractivity contribution in [2.75, 3.05) is 17.7 Å². The molecule has 102 valence electrons. The maximum absolute atomic E-state index is 12.6. The van der Waals surface area contributed by atoms with Gasteiger partial charge in [-0.1, -0.05) is 0 Å². The van der Waals surface area contributed by atoms with Crippen LogP contribution in [0.25, 0.3) is 0 Å². The maximum Gasteiger partial charge on any atom is 0.435 e. The molecule has 2 aromatic rings. The minimum Gasteiger partial charge on any atom is -0.399 e. The van der Waals surface area contributed by atoms with E-state index in [9.17, 15) is 13.2 Å². The first-order valence-electron chi connectivity index (χ1n) is 5.49. The third-order valence-corrected chi connectivity index (χ3v) is 2.77. The van der Waals surface area contributed by atoms with Gasteiger partial charge in [-0.05, 0) is 24.3 Å². The Morgan fingerprint density at radius 3 is 2.26 bits per heavy atom. The first-order valence-corrected chi connectivity index (χ1v) is 5.49. The normalized spacial score (nSPS) is 11.6. The summed E-state index contributed by atoms with van der Waals surface area (Å²) in [5.74, 6) is 0.345. The second-order valence-corrected chi connectivity index (χ2v) is 4.16. The number of rotatable bonds is 2. The van der Waals surface area contributed by atoms with Gasteiger partial charge in [0.05, 0.1) is 0 Å². The molecule has 0 atom stereocenters. The highest BCUT2D eigenvalue weighted by Crippen LogP contribution is 2.32. The number of aryl methyl sites for hydroxylation is 1. The van der Waals surface area contributed by atoms with Crippen LogP contribution in [0.4, 0.5) is 30.4 Å². The zero-order chi connectivity index (χ0) is 14.2. The molecule has 0 radical (unpaired) electrons. The van der Waals surface area contributed by atoms with Crippen LogP contribution in [0.2, 0.25) is 0 Å². The van der Waals surface area contributed by atoms with Crippen molar-refractivity contribution in [2.24, 2.45) is 7.05 Å². The Kier molecular flexibility index (Phi) is 3.13. The van der Waals surface area contributed by atoms with E-state index < -0.39 is 11.9 Å². The number of nitrogens with two attached hydrogens (primary N) is 1. The summed E-state index contributed by atoms with van der Waals surface area (Å²) in [4.78, 5) is 1.61. The Hall–Kier alpha value is -2.18. The predicted molar refractivity (Wildman–Crippen MR) is 67.1 cm³/mol. The van der Waals surface area contributed by atoms with E-state index in [4.69, 9.17) is 5.73 Å². The maximum atomic E-state index is 12.6. The highest BCUT2D eigenvalue weighted by molar-refractivity contribution is 5.62. The third-order valence-electron chi connectivity index (χ3n) is 2.77. The van der Waals surface area contributed by atoms with Gasteiger partial charge in [-0.2, -0.15) is 18.3 Å². The summed E-state index contributed by atoms with van der Waals surface area (Å²) in [5.41, 5.74) is 5.99. The van der Waals surface area contributed by atoms with E-state index in [-0.39, 0.29) is 0 Å². The van der Waals surface area contributed by atoms with Crippen LogP contribution >= 0.6 is 0 Å². The number of nitrogens with zero attached hydrogens (tertiary/aromatic N) is 3. The van der Waals surface area contributed by atoms with Crippen LogP contribution in [0.15, 0.2) is 30.3 Å². The van der Waals surface area contributed by atoms with Gasteiger partial charge in [0.25, 0.3) is 0 Å². The van der Waals surface area contributed by atoms with Gasteiger partial charge in [0.15, 0.2) is 5.69 Å². The van der Waals surface area contributed by atoms with Gasteiger partial charge in [-0.3, -0.25) is 4.68 Å². The largest absolute Gasteiger partial charge is 0.435 e. The van der Waals surface area contributed by atoms with E-state index in [1.807, 2.05) is 0 Å². The van der Waals surface area contributed by atoms with Crippen LogP contribution < -0.4 is 10.6 Å². The van der Waals surface area contributed by atoms with Gasteiger partial charge in [-0.15, -0.1) is 0 Å². The zero-order valence-electron chi connectivity index (χ0n) is 10.4. The SMILES string of the molecule is CN(c1ccc(N)cc1)c1cc(C(F)(F)F)nn1C. The quantitative estimate of drug-likeness (QED) is 0.853. The molecule has 2 rings (SSSR count). The van der Waals surface area contributed by atoms with Crippen LogP contribution in [0.3, 0.4) is 0 Å². The van der Waals surface area contributed by atoms with Gasteiger partial charge in [0.1, 0.15) is 5.82 Å². The summed E-state index contributed by atoms with van der Waals surface area (Å²) in [6.45, 7) is 0. The van der Waals surface area contributed by atoms with E-state index in [1.54, 1.807) is 36.2 Å². The summed E-state index contributed by atoms with van der Waals surface area (Å²) in [6.07, 6.45) is -4.45.